The summed E-state index contributed by atoms with van der Waals surface area (Å²) in [6, 6.07) is 0.00278. The van der Waals surface area contributed by atoms with Crippen LogP contribution in [0.25, 0.3) is 0 Å². The molecule has 4 aliphatic rings. The van der Waals surface area contributed by atoms with Gasteiger partial charge in [0.25, 0.3) is 0 Å². The van der Waals surface area contributed by atoms with Crippen LogP contribution >= 0.6 is 0 Å². The SMILES string of the molecule is C=CC(=O)NCCOCCOCCOCCNC(=O)N(CCCCCCCC)CCC[C@@H](C)C1CC[C@H]2C3[C@H](OCCCN)CC4C[C@H](OCCCN)CCC4(C)[C@H]3C[C@H](OCCCN)[C@]12C. The largest absolute Gasteiger partial charge is 0.378 e. The fourth-order valence-corrected chi connectivity index (χ4v) is 13.0. The van der Waals surface area contributed by atoms with Crippen molar-refractivity contribution >= 4 is 11.9 Å². The molecule has 14 nitrogen and oxygen atoms in total. The molecule has 3 amide bonds. The molecule has 0 aromatic rings. The van der Waals surface area contributed by atoms with Crippen molar-refractivity contribution in [1.29, 1.82) is 0 Å². The maximum Gasteiger partial charge on any atom is 0.317 e. The van der Waals surface area contributed by atoms with E-state index in [0.717, 1.165) is 96.9 Å². The van der Waals surface area contributed by atoms with E-state index in [0.29, 0.717) is 121 Å². The molecule has 0 radical (unpaired) electrons. The quantitative estimate of drug-likeness (QED) is 0.0312. The van der Waals surface area contributed by atoms with Crippen molar-refractivity contribution in [3.05, 3.63) is 12.7 Å². The average molecular weight is 949 g/mol. The van der Waals surface area contributed by atoms with E-state index < -0.39 is 0 Å². The molecular weight excluding hydrogens is 849 g/mol. The zero-order chi connectivity index (χ0) is 48.3. The summed E-state index contributed by atoms with van der Waals surface area (Å²) in [5.41, 5.74) is 18.2. The lowest BCUT2D eigenvalue weighted by molar-refractivity contribution is -0.227. The van der Waals surface area contributed by atoms with E-state index in [2.05, 4.69) is 49.8 Å². The fraction of sp³-hybridized carbons (Fsp3) is 0.925. The molecule has 0 aromatic heterocycles. The molecule has 11 atom stereocenters. The second-order valence-corrected chi connectivity index (χ2v) is 20.9. The molecule has 4 aliphatic carbocycles. The number of unbranched alkanes of at least 4 members (excludes halogenated alkanes) is 5. The van der Waals surface area contributed by atoms with Crippen LogP contribution in [-0.2, 0) is 33.2 Å². The Kier molecular flexibility index (Phi) is 27.7. The highest BCUT2D eigenvalue weighted by atomic mass is 16.5. The number of hydrogen-bond donors (Lipinski definition) is 5. The summed E-state index contributed by atoms with van der Waals surface area (Å²) in [6.07, 6.45) is 21.9. The van der Waals surface area contributed by atoms with Crippen molar-refractivity contribution in [3.8, 4) is 0 Å². The number of rotatable bonds is 37. The molecule has 0 heterocycles. The number of nitrogens with zero attached hydrogens (tertiary/aromatic N) is 1. The van der Waals surface area contributed by atoms with Crippen LogP contribution in [0.4, 0.5) is 4.79 Å². The molecule has 14 heteroatoms. The number of carbonyl (C=O) groups is 2. The van der Waals surface area contributed by atoms with E-state index in [-0.39, 0.29) is 35.0 Å². The third-order valence-electron chi connectivity index (χ3n) is 16.6. The highest BCUT2D eigenvalue weighted by Crippen LogP contribution is 2.69. The van der Waals surface area contributed by atoms with Crippen molar-refractivity contribution in [2.45, 2.75) is 162 Å². The zero-order valence-electron chi connectivity index (χ0n) is 43.0. The van der Waals surface area contributed by atoms with Gasteiger partial charge >= 0.3 is 6.03 Å². The number of hydrogen-bond acceptors (Lipinski definition) is 11. The summed E-state index contributed by atoms with van der Waals surface area (Å²) in [5, 5.41) is 5.82. The first-order valence-electron chi connectivity index (χ1n) is 27.2. The van der Waals surface area contributed by atoms with Gasteiger partial charge in [-0.3, -0.25) is 4.79 Å². The molecular formula is C53H100N6O8. The van der Waals surface area contributed by atoms with Gasteiger partial charge in [0.15, 0.2) is 0 Å². The first kappa shape index (κ1) is 57.7. The molecule has 4 fully saturated rings. The molecule has 67 heavy (non-hydrogen) atoms. The van der Waals surface area contributed by atoms with Crippen molar-refractivity contribution in [2.75, 3.05) is 105 Å². The number of urea groups is 1. The predicted octanol–water partition coefficient (Wildman–Crippen LogP) is 7.21. The average Bonchev–Trinajstić information content (AvgIpc) is 3.69. The van der Waals surface area contributed by atoms with Crippen molar-refractivity contribution in [2.24, 2.45) is 63.5 Å². The molecule has 4 unspecified atom stereocenters. The number of nitrogens with two attached hydrogens (primary N) is 3. The lowest BCUT2D eigenvalue weighted by atomic mass is 9.43. The van der Waals surface area contributed by atoms with Gasteiger partial charge in [-0.05, 0) is 150 Å². The standard InChI is InChI=1S/C53H100N6O8/c1-6-8-9-10-11-12-27-59(51(61)58-26-33-63-35-37-64-36-34-62-32-25-57-49(60)7-2)28-13-17-41(3)44-18-19-45-50-46(40-48(53(44,45)5)67-31-16-24-56)52(4)21-20-43(65-29-14-22-54)38-42(52)39-47(50)66-30-15-23-55/h7,41-48,50H,2,6,8-40,54-56H2,1,3-5H3,(H,57,60)(H,58,61)/t41-,42?,43-,44?,45+,46+,47-,48+,50?,52?,53-/m1/s1. The van der Waals surface area contributed by atoms with E-state index in [9.17, 15) is 9.59 Å². The van der Waals surface area contributed by atoms with Gasteiger partial charge in [-0.2, -0.15) is 0 Å². The first-order chi connectivity index (χ1) is 32.6. The van der Waals surface area contributed by atoms with Gasteiger partial charge in [0.1, 0.15) is 0 Å². The fourth-order valence-electron chi connectivity index (χ4n) is 13.0. The minimum Gasteiger partial charge on any atom is -0.378 e. The molecule has 0 bridgehead atoms. The minimum absolute atomic E-state index is 0.00278. The van der Waals surface area contributed by atoms with E-state index in [1.807, 2.05) is 0 Å². The Labute approximate surface area is 407 Å². The second-order valence-electron chi connectivity index (χ2n) is 20.9. The predicted molar refractivity (Wildman–Crippen MR) is 269 cm³/mol. The highest BCUT2D eigenvalue weighted by Gasteiger charge is 2.66. The molecule has 8 N–H and O–H groups in total. The van der Waals surface area contributed by atoms with Crippen LogP contribution in [0.1, 0.15) is 143 Å². The molecule has 0 saturated heterocycles. The topological polar surface area (TPSA) is 195 Å². The Morgan fingerprint density at radius 2 is 1.31 bits per heavy atom. The maximum absolute atomic E-state index is 13.7. The second kappa shape index (κ2) is 32.2. The molecule has 0 aliphatic heterocycles. The van der Waals surface area contributed by atoms with Crippen LogP contribution < -0.4 is 27.8 Å². The zero-order valence-corrected chi connectivity index (χ0v) is 43.0. The van der Waals surface area contributed by atoms with E-state index in [1.165, 1.54) is 51.0 Å². The van der Waals surface area contributed by atoms with Gasteiger partial charge in [-0.1, -0.05) is 66.4 Å². The number of ether oxygens (including phenoxy) is 6. The van der Waals surface area contributed by atoms with Gasteiger partial charge in [0.2, 0.25) is 5.91 Å². The molecule has 0 spiro atoms. The van der Waals surface area contributed by atoms with Crippen LogP contribution in [0.5, 0.6) is 0 Å². The Hall–Kier alpha value is -1.88. The van der Waals surface area contributed by atoms with Crippen molar-refractivity contribution in [1.82, 2.24) is 15.5 Å². The van der Waals surface area contributed by atoms with Crippen LogP contribution in [0.15, 0.2) is 12.7 Å². The molecule has 4 saturated carbocycles. The van der Waals surface area contributed by atoms with Gasteiger partial charge in [0, 0.05) is 51.4 Å². The summed E-state index contributed by atoms with van der Waals surface area (Å²) < 4.78 is 37.4. The monoisotopic (exact) mass is 949 g/mol. The molecule has 4 rings (SSSR count). The highest BCUT2D eigenvalue weighted by molar-refractivity contribution is 5.86. The Balaban J connectivity index is 1.35. The van der Waals surface area contributed by atoms with Gasteiger partial charge in [0.05, 0.1) is 58.0 Å². The summed E-state index contributed by atoms with van der Waals surface area (Å²) in [6.45, 7) is 22.6. The Morgan fingerprint density at radius 3 is 1.99 bits per heavy atom. The summed E-state index contributed by atoms with van der Waals surface area (Å²) in [7, 11) is 0. The van der Waals surface area contributed by atoms with E-state index >= 15 is 0 Å². The van der Waals surface area contributed by atoms with Gasteiger partial charge in [-0.25, -0.2) is 4.79 Å². The van der Waals surface area contributed by atoms with E-state index in [4.69, 9.17) is 45.6 Å². The third kappa shape index (κ3) is 17.7. The molecule has 390 valence electrons. The Bertz CT molecular complexity index is 1370. The first-order valence-corrected chi connectivity index (χ1v) is 27.2. The maximum atomic E-state index is 13.7. The number of fused-ring (bicyclic) bond motifs is 5. The lowest BCUT2D eigenvalue weighted by Crippen LogP contribution is -2.63. The lowest BCUT2D eigenvalue weighted by Gasteiger charge is -2.65. The van der Waals surface area contributed by atoms with Crippen molar-refractivity contribution < 1.29 is 38.0 Å². The molecule has 0 aromatic carbocycles. The Morgan fingerprint density at radius 1 is 0.701 bits per heavy atom. The number of carbonyl (C=O) groups excluding carboxylic acids is 2. The van der Waals surface area contributed by atoms with E-state index in [1.54, 1.807) is 0 Å². The number of nitrogens with one attached hydrogen (secondary N) is 2. The van der Waals surface area contributed by atoms with Crippen LogP contribution in [0.2, 0.25) is 0 Å². The van der Waals surface area contributed by atoms with Gasteiger partial charge in [-0.15, -0.1) is 0 Å². The van der Waals surface area contributed by atoms with Crippen molar-refractivity contribution in [3.63, 3.8) is 0 Å². The third-order valence-corrected chi connectivity index (χ3v) is 16.6. The van der Waals surface area contributed by atoms with Gasteiger partial charge < -0.3 is 61.2 Å². The summed E-state index contributed by atoms with van der Waals surface area (Å²) in [4.78, 5) is 26.9. The normalized spacial score (nSPS) is 29.4. The van der Waals surface area contributed by atoms with Crippen LogP contribution in [0.3, 0.4) is 0 Å². The summed E-state index contributed by atoms with van der Waals surface area (Å²) >= 11 is 0. The van der Waals surface area contributed by atoms with Crippen LogP contribution in [0, 0.1) is 46.3 Å². The minimum atomic E-state index is -0.210. The number of amides is 3. The van der Waals surface area contributed by atoms with Crippen LogP contribution in [-0.4, -0.2) is 140 Å². The summed E-state index contributed by atoms with van der Waals surface area (Å²) in [5.74, 6) is 2.98. The smallest absolute Gasteiger partial charge is 0.317 e.